The molecule has 0 spiro atoms. The van der Waals surface area contributed by atoms with Gasteiger partial charge < -0.3 is 26.2 Å². The maximum atomic E-state index is 14.4. The number of para-hydroxylation sites is 1. The highest BCUT2D eigenvalue weighted by molar-refractivity contribution is 5.77. The number of benzene rings is 2. The fourth-order valence-corrected chi connectivity index (χ4v) is 4.40. The molecule has 1 aliphatic rings. The number of hydrogen-bond acceptors (Lipinski definition) is 7. The van der Waals surface area contributed by atoms with Gasteiger partial charge in [0.15, 0.2) is 5.65 Å². The van der Waals surface area contributed by atoms with Crippen molar-refractivity contribution < 1.29 is 19.4 Å². The predicted molar refractivity (Wildman–Crippen MR) is 129 cm³/mol. The van der Waals surface area contributed by atoms with Crippen LogP contribution < -0.4 is 16.0 Å². The lowest BCUT2D eigenvalue weighted by molar-refractivity contribution is 0.183. The Morgan fingerprint density at radius 1 is 1.00 bits per heavy atom. The molecule has 0 radical (unpaired) electrons. The van der Waals surface area contributed by atoms with Crippen molar-refractivity contribution in [2.24, 2.45) is 0 Å². The molecule has 0 bridgehead atoms. The summed E-state index contributed by atoms with van der Waals surface area (Å²) in [6.45, 7) is 0. The van der Waals surface area contributed by atoms with Crippen molar-refractivity contribution in [1.29, 1.82) is 0 Å². The van der Waals surface area contributed by atoms with Gasteiger partial charge >= 0.3 is 6.09 Å². The molecule has 180 valence electrons. The summed E-state index contributed by atoms with van der Waals surface area (Å²) in [4.78, 5) is 24.7. The second-order valence-corrected chi connectivity index (χ2v) is 8.44. The fraction of sp³-hybridized carbons (Fsp3) is 0.250. The Labute approximate surface area is 199 Å². The summed E-state index contributed by atoms with van der Waals surface area (Å²) in [6, 6.07) is 12.8. The number of phenolic OH excluding ortho intramolecular Hbond substituents is 1. The van der Waals surface area contributed by atoms with E-state index in [2.05, 4.69) is 25.9 Å². The molecule has 0 aliphatic heterocycles. The Hall–Kier alpha value is -4.41. The molecule has 1 amide bonds. The maximum Gasteiger partial charge on any atom is 0.404 e. The molecule has 5 rings (SSSR count). The van der Waals surface area contributed by atoms with Gasteiger partial charge in [0.25, 0.3) is 0 Å². The molecule has 0 atom stereocenters. The number of aromatic hydroxyl groups is 1. The Kier molecular flexibility index (Phi) is 6.04. The number of amides is 1. The number of nitrogens with zero attached hydrogens (tertiary/aromatic N) is 4. The van der Waals surface area contributed by atoms with E-state index < -0.39 is 11.9 Å². The van der Waals surface area contributed by atoms with Gasteiger partial charge in [-0.3, -0.25) is 4.57 Å². The van der Waals surface area contributed by atoms with Crippen molar-refractivity contribution >= 4 is 40.5 Å². The SMILES string of the molecule is O=C(O)N[C@H]1CC[C@H](n2c(Nc3ccccc3F)nc3cnc(Nc4ccc(O)cc4)nc32)CC1. The average Bonchev–Trinajstić information content (AvgIpc) is 3.19. The molecule has 35 heavy (non-hydrogen) atoms. The molecule has 11 heteroatoms. The molecule has 1 saturated carbocycles. The number of carbonyl (C=O) groups is 1. The third-order valence-electron chi connectivity index (χ3n) is 6.07. The van der Waals surface area contributed by atoms with Gasteiger partial charge in [-0.2, -0.15) is 4.98 Å². The van der Waals surface area contributed by atoms with Crippen molar-refractivity contribution in [2.75, 3.05) is 10.6 Å². The molecule has 1 fully saturated rings. The van der Waals surface area contributed by atoms with Crippen LogP contribution in [-0.4, -0.2) is 41.9 Å². The van der Waals surface area contributed by atoms with Crippen molar-refractivity contribution in [1.82, 2.24) is 24.8 Å². The molecule has 4 aromatic rings. The van der Waals surface area contributed by atoms with E-state index in [0.29, 0.717) is 60.1 Å². The lowest BCUT2D eigenvalue weighted by Gasteiger charge is -2.30. The quantitative estimate of drug-likeness (QED) is 0.247. The third-order valence-corrected chi connectivity index (χ3v) is 6.07. The first-order valence-electron chi connectivity index (χ1n) is 11.3. The predicted octanol–water partition coefficient (Wildman–Crippen LogP) is 4.91. The second kappa shape index (κ2) is 9.45. The van der Waals surface area contributed by atoms with E-state index in [-0.39, 0.29) is 17.8 Å². The second-order valence-electron chi connectivity index (χ2n) is 8.44. The van der Waals surface area contributed by atoms with E-state index in [4.69, 9.17) is 10.1 Å². The van der Waals surface area contributed by atoms with Crippen LogP contribution in [0.1, 0.15) is 31.7 Å². The summed E-state index contributed by atoms with van der Waals surface area (Å²) in [5, 5.41) is 27.3. The van der Waals surface area contributed by atoms with E-state index in [0.717, 1.165) is 0 Å². The molecular formula is C24H24FN7O3. The summed E-state index contributed by atoms with van der Waals surface area (Å²) in [5.41, 5.74) is 2.12. The number of aromatic nitrogens is 4. The van der Waals surface area contributed by atoms with Gasteiger partial charge in [-0.25, -0.2) is 19.2 Å². The number of carboxylic acid groups (broad SMARTS) is 1. The van der Waals surface area contributed by atoms with Gasteiger partial charge in [-0.05, 0) is 62.1 Å². The standard InChI is InChI=1S/C24H24FN7O3/c25-18-3-1-2-4-19(18)29-23-30-20-13-26-22(27-14-7-11-17(33)12-8-14)31-21(20)32(23)16-9-5-15(6-10-16)28-24(34)35/h1-4,7-8,11-13,15-16,28,33H,5-6,9-10H2,(H,29,30)(H,34,35)(H,26,27,31)/t15-,16-. The van der Waals surface area contributed by atoms with E-state index in [1.165, 1.54) is 6.07 Å². The number of halogens is 1. The molecule has 0 unspecified atom stereocenters. The third kappa shape index (κ3) is 4.93. The lowest BCUT2D eigenvalue weighted by Crippen LogP contribution is -2.37. The van der Waals surface area contributed by atoms with Gasteiger partial charge in [-0.1, -0.05) is 12.1 Å². The Morgan fingerprint density at radius 3 is 2.46 bits per heavy atom. The van der Waals surface area contributed by atoms with Gasteiger partial charge in [0, 0.05) is 17.8 Å². The van der Waals surface area contributed by atoms with Crippen LogP contribution in [0.4, 0.5) is 32.5 Å². The Bertz CT molecular complexity index is 1350. The van der Waals surface area contributed by atoms with Crippen LogP contribution in [0.15, 0.2) is 54.7 Å². The minimum Gasteiger partial charge on any atom is -0.508 e. The van der Waals surface area contributed by atoms with E-state index in [9.17, 15) is 14.3 Å². The zero-order valence-electron chi connectivity index (χ0n) is 18.6. The summed E-state index contributed by atoms with van der Waals surface area (Å²) in [5.74, 6) is 0.543. The number of phenols is 1. The average molecular weight is 478 g/mol. The topological polar surface area (TPSA) is 137 Å². The molecule has 1 aliphatic carbocycles. The van der Waals surface area contributed by atoms with E-state index in [1.54, 1.807) is 48.7 Å². The van der Waals surface area contributed by atoms with Crippen molar-refractivity contribution in [3.05, 3.63) is 60.5 Å². The molecule has 5 N–H and O–H groups in total. The molecule has 2 heterocycles. The molecule has 2 aromatic heterocycles. The minimum atomic E-state index is -1.03. The smallest absolute Gasteiger partial charge is 0.404 e. The lowest BCUT2D eigenvalue weighted by atomic mass is 9.91. The van der Waals surface area contributed by atoms with E-state index in [1.807, 2.05) is 4.57 Å². The van der Waals surface area contributed by atoms with Gasteiger partial charge in [0.05, 0.1) is 11.9 Å². The number of rotatable bonds is 6. The van der Waals surface area contributed by atoms with Gasteiger partial charge in [0.2, 0.25) is 11.9 Å². The normalized spacial score (nSPS) is 17.7. The van der Waals surface area contributed by atoms with Gasteiger partial charge in [-0.15, -0.1) is 0 Å². The largest absolute Gasteiger partial charge is 0.508 e. The fourth-order valence-electron chi connectivity index (χ4n) is 4.40. The van der Waals surface area contributed by atoms with Crippen LogP contribution in [-0.2, 0) is 0 Å². The molecule has 0 saturated heterocycles. The first-order valence-corrected chi connectivity index (χ1v) is 11.3. The van der Waals surface area contributed by atoms with Crippen LogP contribution in [0, 0.1) is 5.82 Å². The monoisotopic (exact) mass is 477 g/mol. The number of anilines is 4. The zero-order valence-corrected chi connectivity index (χ0v) is 18.6. The summed E-state index contributed by atoms with van der Waals surface area (Å²) in [7, 11) is 0. The van der Waals surface area contributed by atoms with Crippen molar-refractivity contribution in [2.45, 2.75) is 37.8 Å². The van der Waals surface area contributed by atoms with Crippen LogP contribution in [0.3, 0.4) is 0 Å². The highest BCUT2D eigenvalue weighted by atomic mass is 19.1. The summed E-state index contributed by atoms with van der Waals surface area (Å²) in [6.07, 6.45) is 3.31. The first kappa shape index (κ1) is 22.4. The molecule has 10 nitrogen and oxygen atoms in total. The van der Waals surface area contributed by atoms with E-state index >= 15 is 0 Å². The number of hydrogen-bond donors (Lipinski definition) is 5. The summed E-state index contributed by atoms with van der Waals surface area (Å²) < 4.78 is 16.3. The highest BCUT2D eigenvalue weighted by Crippen LogP contribution is 2.35. The van der Waals surface area contributed by atoms with Crippen molar-refractivity contribution in [3.63, 3.8) is 0 Å². The van der Waals surface area contributed by atoms with Gasteiger partial charge in [0.1, 0.15) is 17.1 Å². The van der Waals surface area contributed by atoms with Crippen molar-refractivity contribution in [3.8, 4) is 5.75 Å². The van der Waals surface area contributed by atoms with Crippen LogP contribution in [0.25, 0.3) is 11.2 Å². The molecular weight excluding hydrogens is 453 g/mol. The Morgan fingerprint density at radius 2 is 1.74 bits per heavy atom. The van der Waals surface area contributed by atoms with Crippen LogP contribution in [0.5, 0.6) is 5.75 Å². The first-order chi connectivity index (χ1) is 17.0. The number of fused-ring (bicyclic) bond motifs is 1. The summed E-state index contributed by atoms with van der Waals surface area (Å²) >= 11 is 0. The minimum absolute atomic E-state index is 0.0162. The Balaban J connectivity index is 1.50. The number of nitrogens with one attached hydrogen (secondary N) is 3. The number of imidazole rings is 1. The van der Waals surface area contributed by atoms with Crippen LogP contribution >= 0.6 is 0 Å². The van der Waals surface area contributed by atoms with Crippen LogP contribution in [0.2, 0.25) is 0 Å². The maximum absolute atomic E-state index is 14.4. The zero-order chi connectivity index (χ0) is 24.4. The highest BCUT2D eigenvalue weighted by Gasteiger charge is 2.28. The molecule has 2 aromatic carbocycles.